The van der Waals surface area contributed by atoms with E-state index in [1.165, 1.54) is 6.07 Å². The number of phenolic OH excluding ortho intramolecular Hbond substituents is 2. The molecule has 4 rings (SSSR count). The fraction of sp³-hybridized carbons (Fsp3) is 0.0476. The molecule has 0 amide bonds. The lowest BCUT2D eigenvalue weighted by Crippen LogP contribution is -1.85. The zero-order valence-corrected chi connectivity index (χ0v) is 16.5. The fourth-order valence-electron chi connectivity index (χ4n) is 2.71. The highest BCUT2D eigenvalue weighted by molar-refractivity contribution is 14.1. The first-order valence-electron chi connectivity index (χ1n) is 8.23. The Morgan fingerprint density at radius 1 is 1.07 bits per heavy atom. The van der Waals surface area contributed by atoms with Crippen LogP contribution in [-0.4, -0.2) is 21.4 Å². The molecule has 0 unspecified atom stereocenters. The number of halogens is 1. The molecule has 0 radical (unpaired) electrons. The number of phenols is 2. The molecular formula is C21H15IN2O3. The fourth-order valence-corrected chi connectivity index (χ4v) is 3.23. The maximum atomic E-state index is 10.4. The molecule has 27 heavy (non-hydrogen) atoms. The van der Waals surface area contributed by atoms with Gasteiger partial charge in [-0.2, -0.15) is 0 Å². The van der Waals surface area contributed by atoms with E-state index in [1.54, 1.807) is 24.4 Å². The monoisotopic (exact) mass is 470 g/mol. The average molecular weight is 470 g/mol. The highest BCUT2D eigenvalue weighted by Gasteiger charge is 2.13. The average Bonchev–Trinajstić information content (AvgIpc) is 3.05. The van der Waals surface area contributed by atoms with Crippen LogP contribution >= 0.6 is 22.6 Å². The van der Waals surface area contributed by atoms with Gasteiger partial charge in [0, 0.05) is 17.8 Å². The molecule has 134 valence electrons. The lowest BCUT2D eigenvalue weighted by Gasteiger charge is -2.03. The van der Waals surface area contributed by atoms with Gasteiger partial charge in [-0.15, -0.1) is 0 Å². The minimum atomic E-state index is 0.0276. The van der Waals surface area contributed by atoms with Gasteiger partial charge in [0.25, 0.3) is 0 Å². The predicted molar refractivity (Wildman–Crippen MR) is 114 cm³/mol. The van der Waals surface area contributed by atoms with Crippen LogP contribution in [0, 0.1) is 10.5 Å². The van der Waals surface area contributed by atoms with E-state index in [2.05, 4.69) is 32.6 Å². The summed E-state index contributed by atoms with van der Waals surface area (Å²) in [5.74, 6) is 0.572. The number of para-hydroxylation sites is 1. The first-order chi connectivity index (χ1) is 13.0. The molecule has 5 nitrogen and oxygen atoms in total. The predicted octanol–water partition coefficient (Wildman–Crippen LogP) is 5.57. The standard InChI is InChI=1S/C21H15IN2O3/c1-12-5-8-17-19(9-12)27-21(24-17)15-7-6-14(10-18(15)25)23-11-13-3-2-4-16(22)20(13)26/h2-11,25-26H,1H3. The molecule has 0 aliphatic rings. The van der Waals surface area contributed by atoms with Crippen molar-refractivity contribution in [3.8, 4) is 23.0 Å². The quantitative estimate of drug-likeness (QED) is 0.303. The number of fused-ring (bicyclic) bond motifs is 1. The summed E-state index contributed by atoms with van der Waals surface area (Å²) in [7, 11) is 0. The maximum Gasteiger partial charge on any atom is 0.231 e. The lowest BCUT2D eigenvalue weighted by molar-refractivity contribution is 0.470. The van der Waals surface area contributed by atoms with Crippen molar-refractivity contribution >= 4 is 45.6 Å². The molecule has 0 fully saturated rings. The van der Waals surface area contributed by atoms with Crippen molar-refractivity contribution in [3.63, 3.8) is 0 Å². The first kappa shape index (κ1) is 17.5. The van der Waals surface area contributed by atoms with Gasteiger partial charge in [-0.25, -0.2) is 4.98 Å². The van der Waals surface area contributed by atoms with E-state index in [9.17, 15) is 10.2 Å². The summed E-state index contributed by atoms with van der Waals surface area (Å²) in [4.78, 5) is 8.76. The van der Waals surface area contributed by atoms with Crippen LogP contribution in [0.25, 0.3) is 22.6 Å². The van der Waals surface area contributed by atoms with Crippen LogP contribution in [0.3, 0.4) is 0 Å². The molecule has 0 aliphatic carbocycles. The second kappa shape index (κ2) is 7.03. The zero-order chi connectivity index (χ0) is 19.0. The second-order valence-electron chi connectivity index (χ2n) is 6.13. The van der Waals surface area contributed by atoms with Crippen LogP contribution in [0.4, 0.5) is 5.69 Å². The minimum Gasteiger partial charge on any atom is -0.507 e. The Morgan fingerprint density at radius 3 is 2.74 bits per heavy atom. The topological polar surface area (TPSA) is 78.9 Å². The molecule has 1 heterocycles. The van der Waals surface area contributed by atoms with E-state index in [1.807, 2.05) is 37.3 Å². The molecule has 0 saturated heterocycles. The molecule has 3 aromatic carbocycles. The molecule has 0 saturated carbocycles. The third-order valence-corrected chi connectivity index (χ3v) is 5.00. The number of aromatic hydroxyl groups is 2. The molecule has 0 aliphatic heterocycles. The highest BCUT2D eigenvalue weighted by atomic mass is 127. The van der Waals surface area contributed by atoms with Gasteiger partial charge < -0.3 is 14.6 Å². The van der Waals surface area contributed by atoms with E-state index in [0.29, 0.717) is 28.3 Å². The maximum absolute atomic E-state index is 10.4. The van der Waals surface area contributed by atoms with E-state index < -0.39 is 0 Å². The van der Waals surface area contributed by atoms with Crippen LogP contribution in [0.2, 0.25) is 0 Å². The Hall–Kier alpha value is -2.87. The van der Waals surface area contributed by atoms with Crippen LogP contribution in [0.15, 0.2) is 64.0 Å². The van der Waals surface area contributed by atoms with E-state index in [4.69, 9.17) is 4.42 Å². The van der Waals surface area contributed by atoms with Gasteiger partial charge in [0.2, 0.25) is 5.89 Å². The zero-order valence-electron chi connectivity index (χ0n) is 14.3. The van der Waals surface area contributed by atoms with Crippen molar-refractivity contribution in [1.82, 2.24) is 4.98 Å². The van der Waals surface area contributed by atoms with Crippen molar-refractivity contribution in [2.75, 3.05) is 0 Å². The van der Waals surface area contributed by atoms with Crippen LogP contribution in [-0.2, 0) is 0 Å². The van der Waals surface area contributed by atoms with Crippen LogP contribution in [0.1, 0.15) is 11.1 Å². The Kier molecular flexibility index (Phi) is 4.57. The van der Waals surface area contributed by atoms with Crippen LogP contribution in [0.5, 0.6) is 11.5 Å². The molecule has 4 aromatic rings. The molecule has 6 heteroatoms. The van der Waals surface area contributed by atoms with Gasteiger partial charge in [0.15, 0.2) is 5.58 Å². The van der Waals surface area contributed by atoms with Gasteiger partial charge in [0.05, 0.1) is 14.8 Å². The summed E-state index contributed by atoms with van der Waals surface area (Å²) < 4.78 is 6.52. The summed E-state index contributed by atoms with van der Waals surface area (Å²) in [5.41, 5.74) is 4.17. The number of rotatable bonds is 3. The number of benzene rings is 3. The summed E-state index contributed by atoms with van der Waals surface area (Å²) in [6, 6.07) is 16.2. The number of aryl methyl sites for hydroxylation is 1. The summed E-state index contributed by atoms with van der Waals surface area (Å²) in [6.07, 6.45) is 1.56. The van der Waals surface area contributed by atoms with E-state index in [0.717, 1.165) is 14.7 Å². The van der Waals surface area contributed by atoms with Gasteiger partial charge in [-0.05, 0) is 71.5 Å². The van der Waals surface area contributed by atoms with Crippen LogP contribution < -0.4 is 0 Å². The number of hydrogen-bond acceptors (Lipinski definition) is 5. The van der Waals surface area contributed by atoms with Gasteiger partial charge >= 0.3 is 0 Å². The Balaban J connectivity index is 1.65. The lowest BCUT2D eigenvalue weighted by atomic mass is 10.1. The summed E-state index contributed by atoms with van der Waals surface area (Å²) in [5, 5.41) is 20.4. The van der Waals surface area contributed by atoms with Crippen molar-refractivity contribution in [3.05, 3.63) is 69.3 Å². The van der Waals surface area contributed by atoms with Gasteiger partial charge in [0.1, 0.15) is 17.0 Å². The molecule has 0 spiro atoms. The molecule has 1 aromatic heterocycles. The summed E-state index contributed by atoms with van der Waals surface area (Å²) >= 11 is 2.06. The smallest absolute Gasteiger partial charge is 0.231 e. The van der Waals surface area contributed by atoms with Crippen molar-refractivity contribution in [1.29, 1.82) is 0 Å². The number of oxazole rings is 1. The van der Waals surface area contributed by atoms with Crippen molar-refractivity contribution < 1.29 is 14.6 Å². The first-order valence-corrected chi connectivity index (χ1v) is 9.31. The minimum absolute atomic E-state index is 0.0276. The second-order valence-corrected chi connectivity index (χ2v) is 7.29. The van der Waals surface area contributed by atoms with Gasteiger partial charge in [-0.1, -0.05) is 12.1 Å². The largest absolute Gasteiger partial charge is 0.507 e. The van der Waals surface area contributed by atoms with Gasteiger partial charge in [-0.3, -0.25) is 4.99 Å². The SMILES string of the molecule is Cc1ccc2nc(-c3ccc(N=Cc4cccc(I)c4O)cc3O)oc2c1. The molecule has 0 atom stereocenters. The molecular weight excluding hydrogens is 455 g/mol. The third-order valence-electron chi connectivity index (χ3n) is 4.13. The number of aliphatic imine (C=N–C) groups is 1. The summed E-state index contributed by atoms with van der Waals surface area (Å²) in [6.45, 7) is 1.98. The van der Waals surface area contributed by atoms with Crippen molar-refractivity contribution in [2.24, 2.45) is 4.99 Å². The third kappa shape index (κ3) is 3.52. The Labute approximate surface area is 169 Å². The number of aromatic nitrogens is 1. The molecule has 2 N–H and O–H groups in total. The number of nitrogens with zero attached hydrogens (tertiary/aromatic N) is 2. The Bertz CT molecular complexity index is 1180. The van der Waals surface area contributed by atoms with Crippen molar-refractivity contribution in [2.45, 2.75) is 6.92 Å². The van der Waals surface area contributed by atoms with E-state index in [-0.39, 0.29) is 11.5 Å². The normalized spacial score (nSPS) is 11.5. The Morgan fingerprint density at radius 2 is 1.93 bits per heavy atom. The van der Waals surface area contributed by atoms with E-state index >= 15 is 0 Å². The number of hydrogen-bond donors (Lipinski definition) is 2. The molecule has 0 bridgehead atoms. The highest BCUT2D eigenvalue weighted by Crippen LogP contribution is 2.34.